The molecule has 0 saturated carbocycles. The second-order valence-corrected chi connectivity index (χ2v) is 3.38. The highest BCUT2D eigenvalue weighted by atomic mass is 19.1. The Labute approximate surface area is 89.0 Å². The second-order valence-electron chi connectivity index (χ2n) is 3.38. The molecule has 0 radical (unpaired) electrons. The van der Waals surface area contributed by atoms with E-state index >= 15 is 0 Å². The number of benzene rings is 1. The highest BCUT2D eigenvalue weighted by Crippen LogP contribution is 2.17. The lowest BCUT2D eigenvalue weighted by atomic mass is 10.2. The standard InChI is InChI=1S/C11H16FNO2/c1-8(7-14-2)15-11-4-9(6-13)3-10(12)5-11/h3-5,8H,6-7,13H2,1-2H3. The number of rotatable bonds is 5. The Morgan fingerprint density at radius 2 is 2.13 bits per heavy atom. The maximum atomic E-state index is 13.1. The Balaban J connectivity index is 2.71. The van der Waals surface area contributed by atoms with E-state index in [-0.39, 0.29) is 11.9 Å². The van der Waals surface area contributed by atoms with Crippen molar-refractivity contribution < 1.29 is 13.9 Å². The summed E-state index contributed by atoms with van der Waals surface area (Å²) in [7, 11) is 1.59. The summed E-state index contributed by atoms with van der Waals surface area (Å²) in [5, 5.41) is 0. The zero-order valence-corrected chi connectivity index (χ0v) is 9.00. The molecular weight excluding hydrogens is 197 g/mol. The van der Waals surface area contributed by atoms with E-state index in [2.05, 4.69) is 0 Å². The Kier molecular flexibility index (Phi) is 4.52. The SMILES string of the molecule is COCC(C)Oc1cc(F)cc(CN)c1. The zero-order chi connectivity index (χ0) is 11.3. The van der Waals surface area contributed by atoms with Crippen LogP contribution in [0.2, 0.25) is 0 Å². The molecule has 0 saturated heterocycles. The first-order valence-electron chi connectivity index (χ1n) is 4.81. The van der Waals surface area contributed by atoms with E-state index in [4.69, 9.17) is 15.2 Å². The van der Waals surface area contributed by atoms with Gasteiger partial charge in [0.15, 0.2) is 0 Å². The summed E-state index contributed by atoms with van der Waals surface area (Å²) in [6.45, 7) is 2.62. The van der Waals surface area contributed by atoms with Gasteiger partial charge in [0, 0.05) is 19.7 Å². The van der Waals surface area contributed by atoms with Gasteiger partial charge in [0.05, 0.1) is 6.61 Å². The molecule has 0 amide bonds. The maximum Gasteiger partial charge on any atom is 0.127 e. The fourth-order valence-corrected chi connectivity index (χ4v) is 1.31. The Morgan fingerprint density at radius 1 is 1.40 bits per heavy atom. The summed E-state index contributed by atoms with van der Waals surface area (Å²) in [4.78, 5) is 0. The fraction of sp³-hybridized carbons (Fsp3) is 0.455. The number of hydrogen-bond donors (Lipinski definition) is 1. The van der Waals surface area contributed by atoms with Crippen LogP contribution in [0.15, 0.2) is 18.2 Å². The number of methoxy groups -OCH3 is 1. The highest BCUT2D eigenvalue weighted by molar-refractivity contribution is 5.29. The topological polar surface area (TPSA) is 44.5 Å². The first kappa shape index (κ1) is 11.9. The molecule has 3 nitrogen and oxygen atoms in total. The normalized spacial score (nSPS) is 12.5. The molecular formula is C11H16FNO2. The van der Waals surface area contributed by atoms with E-state index in [0.717, 1.165) is 5.56 Å². The molecule has 84 valence electrons. The van der Waals surface area contributed by atoms with Crippen molar-refractivity contribution >= 4 is 0 Å². The first-order valence-corrected chi connectivity index (χ1v) is 4.81. The Hall–Kier alpha value is -1.13. The smallest absolute Gasteiger partial charge is 0.127 e. The molecule has 1 atom stereocenters. The first-order chi connectivity index (χ1) is 7.15. The van der Waals surface area contributed by atoms with Crippen molar-refractivity contribution in [1.29, 1.82) is 0 Å². The average molecular weight is 213 g/mol. The molecule has 0 fully saturated rings. The van der Waals surface area contributed by atoms with Crippen molar-refractivity contribution in [3.05, 3.63) is 29.6 Å². The predicted octanol–water partition coefficient (Wildman–Crippen LogP) is 1.70. The van der Waals surface area contributed by atoms with Crippen molar-refractivity contribution in [3.8, 4) is 5.75 Å². The summed E-state index contributed by atoms with van der Waals surface area (Å²) in [6, 6.07) is 4.47. The molecule has 1 aromatic carbocycles. The molecule has 15 heavy (non-hydrogen) atoms. The number of hydrogen-bond acceptors (Lipinski definition) is 3. The van der Waals surface area contributed by atoms with Crippen molar-refractivity contribution in [2.75, 3.05) is 13.7 Å². The summed E-state index contributed by atoms with van der Waals surface area (Å²) in [5.74, 6) is 0.151. The summed E-state index contributed by atoms with van der Waals surface area (Å²) >= 11 is 0. The minimum atomic E-state index is -0.336. The van der Waals surface area contributed by atoms with E-state index in [1.54, 1.807) is 13.2 Å². The van der Waals surface area contributed by atoms with Gasteiger partial charge in [-0.3, -0.25) is 0 Å². The van der Waals surface area contributed by atoms with E-state index in [9.17, 15) is 4.39 Å². The van der Waals surface area contributed by atoms with Gasteiger partial charge in [0.25, 0.3) is 0 Å². The van der Waals surface area contributed by atoms with Gasteiger partial charge in [0.1, 0.15) is 17.7 Å². The number of halogens is 1. The van der Waals surface area contributed by atoms with E-state index < -0.39 is 0 Å². The molecule has 4 heteroatoms. The lowest BCUT2D eigenvalue weighted by Gasteiger charge is -2.14. The van der Waals surface area contributed by atoms with Crippen LogP contribution in [0, 0.1) is 5.82 Å². The van der Waals surface area contributed by atoms with Crippen molar-refractivity contribution in [2.24, 2.45) is 5.73 Å². The fourth-order valence-electron chi connectivity index (χ4n) is 1.31. The molecule has 0 spiro atoms. The van der Waals surface area contributed by atoms with Crippen molar-refractivity contribution in [3.63, 3.8) is 0 Å². The molecule has 0 bridgehead atoms. The van der Waals surface area contributed by atoms with Gasteiger partial charge in [-0.25, -0.2) is 4.39 Å². The molecule has 1 aromatic rings. The van der Waals surface area contributed by atoms with E-state index in [1.165, 1.54) is 12.1 Å². The molecule has 0 aliphatic rings. The number of nitrogens with two attached hydrogens (primary N) is 1. The second kappa shape index (κ2) is 5.68. The number of ether oxygens (including phenoxy) is 2. The predicted molar refractivity (Wildman–Crippen MR) is 56.3 cm³/mol. The Bertz CT molecular complexity index is 317. The minimum Gasteiger partial charge on any atom is -0.488 e. The van der Waals surface area contributed by atoms with Crippen LogP contribution < -0.4 is 10.5 Å². The van der Waals surface area contributed by atoms with Crippen molar-refractivity contribution in [2.45, 2.75) is 19.6 Å². The van der Waals surface area contributed by atoms with E-state index in [1.807, 2.05) is 6.92 Å². The van der Waals surface area contributed by atoms with Crippen LogP contribution in [-0.2, 0) is 11.3 Å². The average Bonchev–Trinajstić information content (AvgIpc) is 2.17. The molecule has 1 unspecified atom stereocenters. The van der Waals surface area contributed by atoms with Gasteiger partial charge in [-0.1, -0.05) is 0 Å². The van der Waals surface area contributed by atoms with E-state index in [0.29, 0.717) is 18.9 Å². The third kappa shape index (κ3) is 3.85. The molecule has 0 aliphatic carbocycles. The van der Waals surface area contributed by atoms with Gasteiger partial charge in [-0.15, -0.1) is 0 Å². The lowest BCUT2D eigenvalue weighted by Crippen LogP contribution is -2.18. The van der Waals surface area contributed by atoms with Crippen molar-refractivity contribution in [1.82, 2.24) is 0 Å². The maximum absolute atomic E-state index is 13.1. The van der Waals surface area contributed by atoms with Crippen LogP contribution in [0.4, 0.5) is 4.39 Å². The third-order valence-electron chi connectivity index (χ3n) is 1.91. The summed E-state index contributed by atoms with van der Waals surface area (Å²) in [6.07, 6.45) is -0.109. The Morgan fingerprint density at radius 3 is 2.73 bits per heavy atom. The monoisotopic (exact) mass is 213 g/mol. The van der Waals surface area contributed by atoms with Gasteiger partial charge in [-0.05, 0) is 24.6 Å². The molecule has 0 aliphatic heterocycles. The van der Waals surface area contributed by atoms with Crippen LogP contribution >= 0.6 is 0 Å². The van der Waals surface area contributed by atoms with Gasteiger partial charge >= 0.3 is 0 Å². The highest BCUT2D eigenvalue weighted by Gasteiger charge is 2.05. The zero-order valence-electron chi connectivity index (χ0n) is 9.00. The van der Waals surface area contributed by atoms with Gasteiger partial charge in [0.2, 0.25) is 0 Å². The minimum absolute atomic E-state index is 0.109. The van der Waals surface area contributed by atoms with Crippen LogP contribution in [0.3, 0.4) is 0 Å². The molecule has 2 N–H and O–H groups in total. The van der Waals surface area contributed by atoms with Crippen LogP contribution in [0.1, 0.15) is 12.5 Å². The molecule has 0 heterocycles. The van der Waals surface area contributed by atoms with Crippen LogP contribution in [0.5, 0.6) is 5.75 Å². The largest absolute Gasteiger partial charge is 0.488 e. The summed E-state index contributed by atoms with van der Waals surface area (Å²) in [5.41, 5.74) is 6.15. The molecule has 1 rings (SSSR count). The van der Waals surface area contributed by atoms with Crippen LogP contribution in [0.25, 0.3) is 0 Å². The lowest BCUT2D eigenvalue weighted by molar-refractivity contribution is 0.0918. The van der Waals surface area contributed by atoms with Gasteiger partial charge < -0.3 is 15.2 Å². The molecule has 0 aromatic heterocycles. The summed E-state index contributed by atoms with van der Waals surface area (Å²) < 4.78 is 23.5. The third-order valence-corrected chi connectivity index (χ3v) is 1.91. The van der Waals surface area contributed by atoms with Crippen LogP contribution in [-0.4, -0.2) is 19.8 Å². The van der Waals surface area contributed by atoms with Gasteiger partial charge in [-0.2, -0.15) is 0 Å². The quantitative estimate of drug-likeness (QED) is 0.809.